The zero-order chi connectivity index (χ0) is 25.7. The number of aryl methyl sites for hydroxylation is 2. The lowest BCUT2D eigenvalue weighted by molar-refractivity contribution is -0.123. The molecule has 0 radical (unpaired) electrons. The molecule has 0 spiro atoms. The molecule has 1 aromatic carbocycles. The average Bonchev–Trinajstić information content (AvgIpc) is 3.41. The molecule has 0 saturated carbocycles. The Bertz CT molecular complexity index is 1280. The summed E-state index contributed by atoms with van der Waals surface area (Å²) in [7, 11) is 0.851. The number of H-pyrrole nitrogens is 1. The zero-order valence-corrected chi connectivity index (χ0v) is 24.0. The Morgan fingerprint density at radius 2 is 1.89 bits per heavy atom. The number of carbonyl (C=O) groups is 1. The predicted molar refractivity (Wildman–Crippen MR) is 151 cm³/mol. The maximum absolute atomic E-state index is 13.5. The maximum Gasteiger partial charge on any atom is 0.237 e. The van der Waals surface area contributed by atoms with Crippen LogP contribution >= 0.6 is 0 Å². The van der Waals surface area contributed by atoms with E-state index in [0.29, 0.717) is 6.73 Å². The van der Waals surface area contributed by atoms with Gasteiger partial charge in [-0.15, -0.1) is 0 Å². The van der Waals surface area contributed by atoms with Crippen molar-refractivity contribution in [3.05, 3.63) is 35.0 Å². The number of rotatable bonds is 9. The lowest BCUT2D eigenvalue weighted by atomic mass is 9.74. The molecule has 1 aliphatic carbocycles. The fourth-order valence-corrected chi connectivity index (χ4v) is 7.09. The van der Waals surface area contributed by atoms with Crippen molar-refractivity contribution in [2.75, 3.05) is 18.6 Å². The molecule has 1 amide bonds. The number of likely N-dealkylation sites (N-methyl/N-ethyl adjacent to an activating group) is 1. The molecule has 5 rings (SSSR count). The second kappa shape index (κ2) is 9.49. The third-order valence-electron chi connectivity index (χ3n) is 8.13. The van der Waals surface area contributed by atoms with Gasteiger partial charge in [0.15, 0.2) is 0 Å². The van der Waals surface area contributed by atoms with E-state index in [4.69, 9.17) is 9.84 Å². The SMILES string of the molecule is CCCC1(CCC)C(=O)N(C)c2cc3c4c([nH]c3cc21)-c1nn(COCC[Si](C)(C)C)cc1CCC4. The normalized spacial score (nSPS) is 16.8. The third-order valence-corrected chi connectivity index (χ3v) is 9.84. The summed E-state index contributed by atoms with van der Waals surface area (Å²) in [5.41, 5.74) is 7.85. The summed E-state index contributed by atoms with van der Waals surface area (Å²) in [6, 6.07) is 5.72. The Morgan fingerprint density at radius 1 is 1.14 bits per heavy atom. The van der Waals surface area contributed by atoms with Crippen molar-refractivity contribution in [2.45, 2.75) is 96.6 Å². The number of carbonyl (C=O) groups excluding carboxylic acids is 1. The molecule has 2 aromatic heterocycles. The average molecular weight is 507 g/mol. The Kier molecular flexibility index (Phi) is 6.66. The third kappa shape index (κ3) is 4.24. The van der Waals surface area contributed by atoms with E-state index in [-0.39, 0.29) is 5.91 Å². The molecule has 36 heavy (non-hydrogen) atoms. The van der Waals surface area contributed by atoms with E-state index in [1.54, 1.807) is 0 Å². The van der Waals surface area contributed by atoms with Crippen LogP contribution in [0.3, 0.4) is 0 Å². The molecule has 1 N–H and O–H groups in total. The highest BCUT2D eigenvalue weighted by molar-refractivity contribution is 6.76. The number of benzene rings is 1. The number of aromatic nitrogens is 3. The van der Waals surface area contributed by atoms with Gasteiger partial charge in [0.25, 0.3) is 0 Å². The van der Waals surface area contributed by atoms with Crippen LogP contribution in [-0.4, -0.2) is 42.4 Å². The number of nitrogens with one attached hydrogen (secondary N) is 1. The van der Waals surface area contributed by atoms with Crippen LogP contribution in [0.2, 0.25) is 25.7 Å². The summed E-state index contributed by atoms with van der Waals surface area (Å²) < 4.78 is 7.95. The molecule has 3 heterocycles. The summed E-state index contributed by atoms with van der Waals surface area (Å²) in [6.45, 7) is 12.8. The Balaban J connectivity index is 1.52. The number of nitrogens with zero attached hydrogens (tertiary/aromatic N) is 3. The number of hydrogen-bond donors (Lipinski definition) is 1. The van der Waals surface area contributed by atoms with Gasteiger partial charge in [0.1, 0.15) is 12.4 Å². The number of anilines is 1. The van der Waals surface area contributed by atoms with E-state index in [0.717, 1.165) is 74.1 Å². The minimum atomic E-state index is -1.10. The molecule has 0 saturated heterocycles. The minimum absolute atomic E-state index is 0.259. The van der Waals surface area contributed by atoms with Gasteiger partial charge in [-0.25, -0.2) is 4.68 Å². The molecule has 3 aromatic rings. The van der Waals surface area contributed by atoms with Crippen molar-refractivity contribution in [3.8, 4) is 11.4 Å². The van der Waals surface area contributed by atoms with Gasteiger partial charge >= 0.3 is 0 Å². The summed E-state index contributed by atoms with van der Waals surface area (Å²) in [5, 5.41) is 6.22. The fraction of sp³-hybridized carbons (Fsp3) is 0.586. The summed E-state index contributed by atoms with van der Waals surface area (Å²) in [4.78, 5) is 19.2. The Labute approximate surface area is 216 Å². The van der Waals surface area contributed by atoms with Gasteiger partial charge in [0, 0.05) is 44.5 Å². The Morgan fingerprint density at radius 3 is 2.58 bits per heavy atom. The minimum Gasteiger partial charge on any atom is -0.360 e. The largest absolute Gasteiger partial charge is 0.360 e. The van der Waals surface area contributed by atoms with Crippen LogP contribution in [0.1, 0.15) is 62.6 Å². The molecule has 6 nitrogen and oxygen atoms in total. The highest BCUT2D eigenvalue weighted by atomic mass is 28.3. The number of fused-ring (bicyclic) bond motifs is 6. The van der Waals surface area contributed by atoms with Crippen LogP contribution in [0.15, 0.2) is 18.3 Å². The van der Waals surface area contributed by atoms with Gasteiger partial charge in [0.05, 0.1) is 11.1 Å². The number of aromatic amines is 1. The highest BCUT2D eigenvalue weighted by Crippen LogP contribution is 2.49. The molecule has 0 fully saturated rings. The van der Waals surface area contributed by atoms with Gasteiger partial charge in [0.2, 0.25) is 5.91 Å². The van der Waals surface area contributed by atoms with Crippen LogP contribution in [0, 0.1) is 0 Å². The van der Waals surface area contributed by atoms with Gasteiger partial charge in [-0.1, -0.05) is 46.3 Å². The first kappa shape index (κ1) is 25.3. The lowest BCUT2D eigenvalue weighted by Crippen LogP contribution is -2.38. The molecule has 1 aliphatic heterocycles. The molecular formula is C29H42N4O2Si. The maximum atomic E-state index is 13.5. The second-order valence-corrected chi connectivity index (χ2v) is 17.7. The quantitative estimate of drug-likeness (QED) is 0.261. The fourth-order valence-electron chi connectivity index (χ4n) is 6.33. The number of ether oxygens (including phenoxy) is 1. The van der Waals surface area contributed by atoms with Crippen LogP contribution < -0.4 is 4.90 Å². The first-order valence-electron chi connectivity index (χ1n) is 13.8. The number of amides is 1. The van der Waals surface area contributed by atoms with E-state index in [1.165, 1.54) is 28.1 Å². The van der Waals surface area contributed by atoms with Crippen LogP contribution in [-0.2, 0) is 34.5 Å². The van der Waals surface area contributed by atoms with Crippen LogP contribution in [0.25, 0.3) is 22.3 Å². The Hall–Kier alpha value is -2.38. The first-order valence-corrected chi connectivity index (χ1v) is 17.5. The molecule has 0 unspecified atom stereocenters. The highest BCUT2D eigenvalue weighted by Gasteiger charge is 2.48. The van der Waals surface area contributed by atoms with Gasteiger partial charge < -0.3 is 14.6 Å². The van der Waals surface area contributed by atoms with E-state index in [9.17, 15) is 4.79 Å². The number of hydrogen-bond acceptors (Lipinski definition) is 3. The van der Waals surface area contributed by atoms with Crippen molar-refractivity contribution in [1.29, 1.82) is 0 Å². The first-order chi connectivity index (χ1) is 17.2. The van der Waals surface area contributed by atoms with Crippen molar-refractivity contribution in [3.63, 3.8) is 0 Å². The molecule has 2 aliphatic rings. The standard InChI is InChI=1S/C29H42N4O2Si/c1-7-12-29(13-8-2)23-17-24-22(16-25(23)32(3)28(29)34)21-11-9-10-20-18-33(31-26(20)27(21)30-24)19-35-14-15-36(4,5)6/h16-18,30H,7-15,19H2,1-6H3. The van der Waals surface area contributed by atoms with Crippen molar-refractivity contribution in [2.24, 2.45) is 0 Å². The van der Waals surface area contributed by atoms with E-state index in [2.05, 4.69) is 56.8 Å². The molecular weight excluding hydrogens is 464 g/mol. The monoisotopic (exact) mass is 506 g/mol. The van der Waals surface area contributed by atoms with E-state index < -0.39 is 13.5 Å². The van der Waals surface area contributed by atoms with E-state index >= 15 is 0 Å². The lowest BCUT2D eigenvalue weighted by Gasteiger charge is -2.27. The molecule has 7 heteroatoms. The smallest absolute Gasteiger partial charge is 0.237 e. The van der Waals surface area contributed by atoms with Crippen molar-refractivity contribution in [1.82, 2.24) is 14.8 Å². The van der Waals surface area contributed by atoms with Gasteiger partial charge in [-0.3, -0.25) is 4.79 Å². The zero-order valence-electron chi connectivity index (χ0n) is 23.0. The van der Waals surface area contributed by atoms with Crippen LogP contribution in [0.4, 0.5) is 5.69 Å². The predicted octanol–water partition coefficient (Wildman–Crippen LogP) is 6.65. The molecule has 0 atom stereocenters. The van der Waals surface area contributed by atoms with E-state index in [1.807, 2.05) is 16.6 Å². The van der Waals surface area contributed by atoms with Gasteiger partial charge in [-0.05, 0) is 67.0 Å². The molecule has 194 valence electrons. The summed E-state index contributed by atoms with van der Waals surface area (Å²) >= 11 is 0. The topological polar surface area (TPSA) is 63.2 Å². The van der Waals surface area contributed by atoms with Crippen molar-refractivity contribution >= 4 is 30.6 Å². The van der Waals surface area contributed by atoms with Gasteiger partial charge in [-0.2, -0.15) is 5.10 Å². The summed E-state index contributed by atoms with van der Waals surface area (Å²) in [5.74, 6) is 0.259. The van der Waals surface area contributed by atoms with Crippen LogP contribution in [0.5, 0.6) is 0 Å². The second-order valence-electron chi connectivity index (χ2n) is 12.1. The molecule has 0 bridgehead atoms. The summed E-state index contributed by atoms with van der Waals surface area (Å²) in [6.07, 6.45) is 9.10. The van der Waals surface area contributed by atoms with Crippen molar-refractivity contribution < 1.29 is 9.53 Å².